The lowest BCUT2D eigenvalue weighted by Gasteiger charge is -2.15. The van der Waals surface area contributed by atoms with Gasteiger partial charge in [0.2, 0.25) is 0 Å². The summed E-state index contributed by atoms with van der Waals surface area (Å²) in [6.45, 7) is 1.13. The number of hydrogen-bond donors (Lipinski definition) is 0. The standard InChI is InChI=1S/C20H16Br2N2O2/c21-9-11-23-15-7-3-1-5-13(15)17(19(23)25)18-14-6-2-4-8-16(14)24(12-10-22)20(18)26/h1-8H,9-12H2/b18-17-. The van der Waals surface area contributed by atoms with Crippen LogP contribution in [0, 0.1) is 0 Å². The van der Waals surface area contributed by atoms with Crippen LogP contribution in [-0.4, -0.2) is 35.6 Å². The molecule has 0 radical (unpaired) electrons. The molecule has 2 heterocycles. The second-order valence-electron chi connectivity index (χ2n) is 6.08. The quantitative estimate of drug-likeness (QED) is 0.493. The van der Waals surface area contributed by atoms with E-state index in [4.69, 9.17) is 0 Å². The third kappa shape index (κ3) is 2.55. The van der Waals surface area contributed by atoms with Crippen molar-refractivity contribution in [1.29, 1.82) is 0 Å². The van der Waals surface area contributed by atoms with E-state index in [-0.39, 0.29) is 11.8 Å². The minimum absolute atomic E-state index is 0.107. The third-order valence-electron chi connectivity index (χ3n) is 4.71. The number of anilines is 2. The van der Waals surface area contributed by atoms with E-state index in [0.717, 1.165) is 22.5 Å². The lowest BCUT2D eigenvalue weighted by atomic mass is 9.96. The fourth-order valence-electron chi connectivity index (χ4n) is 3.66. The van der Waals surface area contributed by atoms with Crippen molar-refractivity contribution < 1.29 is 9.59 Å². The molecular formula is C20H16Br2N2O2. The summed E-state index contributed by atoms with van der Waals surface area (Å²) in [5.41, 5.74) is 4.41. The highest BCUT2D eigenvalue weighted by Crippen LogP contribution is 2.46. The Morgan fingerprint density at radius 2 is 1.04 bits per heavy atom. The summed E-state index contributed by atoms with van der Waals surface area (Å²) in [6.07, 6.45) is 0. The van der Waals surface area contributed by atoms with Crippen LogP contribution in [0.5, 0.6) is 0 Å². The minimum Gasteiger partial charge on any atom is -0.307 e. The molecule has 2 aliphatic heterocycles. The van der Waals surface area contributed by atoms with Gasteiger partial charge in [-0.25, -0.2) is 0 Å². The number of para-hydroxylation sites is 2. The molecule has 26 heavy (non-hydrogen) atoms. The van der Waals surface area contributed by atoms with Gasteiger partial charge in [-0.3, -0.25) is 9.59 Å². The summed E-state index contributed by atoms with van der Waals surface area (Å²) in [4.78, 5) is 29.9. The molecule has 0 fully saturated rings. The maximum Gasteiger partial charge on any atom is 0.259 e. The number of carbonyl (C=O) groups is 2. The van der Waals surface area contributed by atoms with Crippen molar-refractivity contribution in [3.05, 3.63) is 59.7 Å². The summed E-state index contributed by atoms with van der Waals surface area (Å²) < 4.78 is 0. The van der Waals surface area contributed by atoms with Crippen LogP contribution in [0.25, 0.3) is 11.1 Å². The van der Waals surface area contributed by atoms with Crippen LogP contribution in [0.1, 0.15) is 11.1 Å². The molecule has 0 aliphatic carbocycles. The molecule has 0 N–H and O–H groups in total. The zero-order chi connectivity index (χ0) is 18.3. The SMILES string of the molecule is O=C1/C(=C2\C(=O)N(CCBr)c3ccccc32)c2ccccc2N1CCBr. The second kappa shape index (κ2) is 7.00. The van der Waals surface area contributed by atoms with Crippen molar-refractivity contribution in [3.63, 3.8) is 0 Å². The molecule has 2 aliphatic rings. The molecule has 132 valence electrons. The Morgan fingerprint density at radius 3 is 1.42 bits per heavy atom. The topological polar surface area (TPSA) is 40.6 Å². The van der Waals surface area contributed by atoms with Gasteiger partial charge < -0.3 is 9.80 Å². The Hall–Kier alpha value is -1.92. The molecule has 2 amide bonds. The second-order valence-corrected chi connectivity index (χ2v) is 7.66. The minimum atomic E-state index is -0.107. The first-order chi connectivity index (χ1) is 12.7. The van der Waals surface area contributed by atoms with Crippen molar-refractivity contribution in [3.8, 4) is 0 Å². The van der Waals surface area contributed by atoms with E-state index in [1.807, 2.05) is 48.5 Å². The van der Waals surface area contributed by atoms with E-state index in [1.54, 1.807) is 9.80 Å². The van der Waals surface area contributed by atoms with E-state index >= 15 is 0 Å². The van der Waals surface area contributed by atoms with E-state index in [1.165, 1.54) is 0 Å². The van der Waals surface area contributed by atoms with E-state index in [9.17, 15) is 9.59 Å². The monoisotopic (exact) mass is 474 g/mol. The largest absolute Gasteiger partial charge is 0.307 e. The highest BCUT2D eigenvalue weighted by atomic mass is 79.9. The van der Waals surface area contributed by atoms with Crippen molar-refractivity contribution in [2.24, 2.45) is 0 Å². The first kappa shape index (κ1) is 17.5. The molecule has 0 aromatic heterocycles. The number of alkyl halides is 2. The van der Waals surface area contributed by atoms with Gasteiger partial charge in [-0.05, 0) is 12.1 Å². The first-order valence-corrected chi connectivity index (χ1v) is 10.6. The molecule has 6 heteroatoms. The Kier molecular flexibility index (Phi) is 4.71. The molecule has 0 atom stereocenters. The van der Waals surface area contributed by atoms with Crippen LogP contribution in [-0.2, 0) is 9.59 Å². The number of rotatable bonds is 4. The van der Waals surface area contributed by atoms with Crippen molar-refractivity contribution >= 4 is 66.2 Å². The molecule has 4 rings (SSSR count). The fraction of sp³-hybridized carbons (Fsp3) is 0.200. The normalized spacial score (nSPS) is 18.5. The van der Waals surface area contributed by atoms with Crippen LogP contribution in [0.2, 0.25) is 0 Å². The van der Waals surface area contributed by atoms with Gasteiger partial charge in [0.05, 0.1) is 22.5 Å². The highest BCUT2D eigenvalue weighted by molar-refractivity contribution is 9.09. The molecule has 2 aromatic rings. The Bertz CT molecular complexity index is 863. The lowest BCUT2D eigenvalue weighted by molar-refractivity contribution is -0.114. The number of carbonyl (C=O) groups excluding carboxylic acids is 2. The zero-order valence-corrected chi connectivity index (χ0v) is 17.1. The molecule has 0 bridgehead atoms. The molecule has 0 saturated heterocycles. The Labute approximate surface area is 168 Å². The van der Waals surface area contributed by atoms with Crippen LogP contribution in [0.3, 0.4) is 0 Å². The predicted molar refractivity (Wildman–Crippen MR) is 112 cm³/mol. The van der Waals surface area contributed by atoms with E-state index in [2.05, 4.69) is 31.9 Å². The number of halogens is 2. The smallest absolute Gasteiger partial charge is 0.259 e. The highest BCUT2D eigenvalue weighted by Gasteiger charge is 2.41. The summed E-state index contributed by atoms with van der Waals surface area (Å²) in [5, 5.41) is 1.35. The van der Waals surface area contributed by atoms with Crippen LogP contribution in [0.4, 0.5) is 11.4 Å². The number of amides is 2. The zero-order valence-electron chi connectivity index (χ0n) is 13.9. The van der Waals surface area contributed by atoms with Gasteiger partial charge in [-0.15, -0.1) is 0 Å². The van der Waals surface area contributed by atoms with E-state index in [0.29, 0.717) is 34.9 Å². The molecule has 2 aromatic carbocycles. The third-order valence-corrected chi connectivity index (χ3v) is 5.42. The summed E-state index contributed by atoms with van der Waals surface area (Å²) in [5.74, 6) is -0.214. The van der Waals surface area contributed by atoms with Gasteiger partial charge in [-0.2, -0.15) is 0 Å². The fourth-order valence-corrected chi connectivity index (χ4v) is 4.37. The van der Waals surface area contributed by atoms with Crippen molar-refractivity contribution in [2.45, 2.75) is 0 Å². The number of nitrogens with zero attached hydrogens (tertiary/aromatic N) is 2. The van der Waals surface area contributed by atoms with Crippen molar-refractivity contribution in [1.82, 2.24) is 0 Å². The van der Waals surface area contributed by atoms with Crippen LogP contribution < -0.4 is 9.80 Å². The van der Waals surface area contributed by atoms with Gasteiger partial charge in [0, 0.05) is 34.9 Å². The maximum absolute atomic E-state index is 13.2. The number of fused-ring (bicyclic) bond motifs is 2. The molecular weight excluding hydrogens is 460 g/mol. The van der Waals surface area contributed by atoms with Gasteiger partial charge in [0.1, 0.15) is 0 Å². The van der Waals surface area contributed by atoms with Gasteiger partial charge >= 0.3 is 0 Å². The summed E-state index contributed by atoms with van der Waals surface area (Å²) in [6, 6.07) is 15.4. The average molecular weight is 476 g/mol. The lowest BCUT2D eigenvalue weighted by Crippen LogP contribution is -2.30. The Balaban J connectivity index is 1.97. The average Bonchev–Trinajstić information content (AvgIpc) is 3.08. The van der Waals surface area contributed by atoms with Crippen LogP contribution >= 0.6 is 31.9 Å². The molecule has 4 nitrogen and oxygen atoms in total. The van der Waals surface area contributed by atoms with Gasteiger partial charge in [-0.1, -0.05) is 68.3 Å². The number of hydrogen-bond acceptors (Lipinski definition) is 2. The van der Waals surface area contributed by atoms with Gasteiger partial charge in [0.15, 0.2) is 0 Å². The Morgan fingerprint density at radius 1 is 0.654 bits per heavy atom. The van der Waals surface area contributed by atoms with Gasteiger partial charge in [0.25, 0.3) is 11.8 Å². The maximum atomic E-state index is 13.2. The van der Waals surface area contributed by atoms with Crippen molar-refractivity contribution in [2.75, 3.05) is 33.5 Å². The molecule has 0 unspecified atom stereocenters. The first-order valence-electron chi connectivity index (χ1n) is 8.37. The number of benzene rings is 2. The predicted octanol–water partition coefficient (Wildman–Crippen LogP) is 4.08. The summed E-state index contributed by atoms with van der Waals surface area (Å²) in [7, 11) is 0. The summed E-state index contributed by atoms with van der Waals surface area (Å²) >= 11 is 6.84. The van der Waals surface area contributed by atoms with Crippen LogP contribution in [0.15, 0.2) is 48.5 Å². The van der Waals surface area contributed by atoms with E-state index < -0.39 is 0 Å². The molecule has 0 spiro atoms. The molecule has 0 saturated carbocycles.